The van der Waals surface area contributed by atoms with E-state index in [2.05, 4.69) is 16.7 Å². The number of urea groups is 1. The number of nitrogens with one attached hydrogen (secondary N) is 2. The third-order valence-corrected chi connectivity index (χ3v) is 3.47. The van der Waals surface area contributed by atoms with Crippen molar-refractivity contribution in [2.24, 2.45) is 0 Å². The van der Waals surface area contributed by atoms with E-state index in [1.807, 2.05) is 12.1 Å². The predicted molar refractivity (Wildman–Crippen MR) is 67.4 cm³/mol. The van der Waals surface area contributed by atoms with E-state index >= 15 is 0 Å². The highest BCUT2D eigenvalue weighted by molar-refractivity contribution is 6.06. The first kappa shape index (κ1) is 11.2. The first-order valence-corrected chi connectivity index (χ1v) is 6.18. The fraction of sp³-hybridized carbons (Fsp3) is 0.385. The molecule has 1 saturated heterocycles. The number of amides is 3. The number of fused-ring (bicyclic) bond motifs is 1. The van der Waals surface area contributed by atoms with Crippen molar-refractivity contribution < 1.29 is 9.59 Å². The van der Waals surface area contributed by atoms with Crippen LogP contribution in [0.3, 0.4) is 0 Å². The van der Waals surface area contributed by atoms with Gasteiger partial charge in [-0.15, -0.1) is 0 Å². The topological polar surface area (TPSA) is 61.4 Å². The van der Waals surface area contributed by atoms with Gasteiger partial charge in [-0.1, -0.05) is 12.1 Å². The van der Waals surface area contributed by atoms with E-state index < -0.39 is 0 Å². The van der Waals surface area contributed by atoms with E-state index in [9.17, 15) is 9.59 Å². The van der Waals surface area contributed by atoms with Gasteiger partial charge >= 0.3 is 6.03 Å². The molecule has 94 valence electrons. The van der Waals surface area contributed by atoms with Crippen LogP contribution in [-0.2, 0) is 17.8 Å². The van der Waals surface area contributed by atoms with Crippen LogP contribution in [0, 0.1) is 0 Å². The highest BCUT2D eigenvalue weighted by Crippen LogP contribution is 2.27. The van der Waals surface area contributed by atoms with Gasteiger partial charge in [-0.3, -0.25) is 15.0 Å². The van der Waals surface area contributed by atoms with Gasteiger partial charge in [0.1, 0.15) is 0 Å². The van der Waals surface area contributed by atoms with Gasteiger partial charge in [-0.05, 0) is 30.2 Å². The van der Waals surface area contributed by atoms with Gasteiger partial charge in [-0.2, -0.15) is 0 Å². The lowest BCUT2D eigenvalue weighted by Crippen LogP contribution is -2.50. The second kappa shape index (κ2) is 4.42. The Balaban J connectivity index is 1.97. The number of imide groups is 1. The number of anilines is 1. The summed E-state index contributed by atoms with van der Waals surface area (Å²) in [7, 11) is 0. The summed E-state index contributed by atoms with van der Waals surface area (Å²) in [5, 5.41) is 5.68. The van der Waals surface area contributed by atoms with E-state index in [1.54, 1.807) is 4.90 Å². The molecular weight excluding hydrogens is 230 g/mol. The Morgan fingerprint density at radius 3 is 2.89 bits per heavy atom. The molecule has 1 fully saturated rings. The minimum atomic E-state index is -0.315. The smallest absolute Gasteiger partial charge is 0.312 e. The third-order valence-electron chi connectivity index (χ3n) is 3.47. The van der Waals surface area contributed by atoms with Crippen LogP contribution >= 0.6 is 0 Å². The molecule has 0 aromatic heterocycles. The van der Waals surface area contributed by atoms with Crippen molar-refractivity contribution in [1.82, 2.24) is 10.6 Å². The minimum Gasteiger partial charge on any atom is -0.312 e. The molecule has 2 heterocycles. The van der Waals surface area contributed by atoms with Gasteiger partial charge < -0.3 is 5.32 Å². The molecule has 5 heteroatoms. The largest absolute Gasteiger partial charge is 0.328 e. The van der Waals surface area contributed by atoms with Crippen LogP contribution in [0.2, 0.25) is 0 Å². The Morgan fingerprint density at radius 2 is 2.06 bits per heavy atom. The van der Waals surface area contributed by atoms with Gasteiger partial charge in [0.15, 0.2) is 0 Å². The Labute approximate surface area is 105 Å². The first-order chi connectivity index (χ1) is 8.75. The molecule has 1 aromatic rings. The maximum atomic E-state index is 11.9. The molecule has 0 spiro atoms. The van der Waals surface area contributed by atoms with Crippen molar-refractivity contribution in [2.75, 3.05) is 18.0 Å². The maximum absolute atomic E-state index is 11.9. The second-order valence-electron chi connectivity index (χ2n) is 4.60. The highest BCUT2D eigenvalue weighted by atomic mass is 16.2. The lowest BCUT2D eigenvalue weighted by atomic mass is 9.98. The van der Waals surface area contributed by atoms with Crippen molar-refractivity contribution in [3.05, 3.63) is 29.3 Å². The Kier molecular flexibility index (Phi) is 2.76. The normalized spacial score (nSPS) is 19.4. The van der Waals surface area contributed by atoms with Gasteiger partial charge in [0.05, 0.1) is 5.69 Å². The standard InChI is InChI=1S/C13H15N3O2/c17-12-5-7-16(13(18)15-12)11-3-1-2-9-4-6-14-8-10(9)11/h1-3,14H,4-8H2,(H,15,17,18). The van der Waals surface area contributed by atoms with Crippen molar-refractivity contribution in [3.63, 3.8) is 0 Å². The molecule has 5 nitrogen and oxygen atoms in total. The molecule has 1 aromatic carbocycles. The summed E-state index contributed by atoms with van der Waals surface area (Å²) >= 11 is 0. The fourth-order valence-electron chi connectivity index (χ4n) is 2.54. The third kappa shape index (κ3) is 1.86. The predicted octanol–water partition coefficient (Wildman–Crippen LogP) is 0.779. The van der Waals surface area contributed by atoms with Crippen molar-refractivity contribution in [3.8, 4) is 0 Å². The van der Waals surface area contributed by atoms with E-state index in [0.29, 0.717) is 13.0 Å². The summed E-state index contributed by atoms with van der Waals surface area (Å²) in [6, 6.07) is 5.71. The molecule has 2 aliphatic heterocycles. The zero-order valence-electron chi connectivity index (χ0n) is 10.0. The number of hydrogen-bond acceptors (Lipinski definition) is 3. The van der Waals surface area contributed by atoms with Gasteiger partial charge in [0, 0.05) is 19.5 Å². The second-order valence-corrected chi connectivity index (χ2v) is 4.60. The molecule has 2 aliphatic rings. The molecule has 0 saturated carbocycles. The number of carbonyl (C=O) groups excluding carboxylic acids is 2. The Bertz CT molecular complexity index is 513. The molecule has 0 bridgehead atoms. The summed E-state index contributed by atoms with van der Waals surface area (Å²) in [5.74, 6) is -0.195. The zero-order chi connectivity index (χ0) is 12.5. The summed E-state index contributed by atoms with van der Waals surface area (Å²) in [6.07, 6.45) is 1.35. The number of benzene rings is 1. The molecule has 3 amide bonds. The average Bonchev–Trinajstić information content (AvgIpc) is 2.38. The molecular formula is C13H15N3O2. The van der Waals surface area contributed by atoms with Crippen LogP contribution in [0.5, 0.6) is 0 Å². The van der Waals surface area contributed by atoms with Crippen LogP contribution in [0.1, 0.15) is 17.5 Å². The van der Waals surface area contributed by atoms with E-state index in [1.165, 1.54) is 11.1 Å². The van der Waals surface area contributed by atoms with Crippen LogP contribution in [0.25, 0.3) is 0 Å². The van der Waals surface area contributed by atoms with E-state index in [-0.39, 0.29) is 11.9 Å². The van der Waals surface area contributed by atoms with E-state index in [0.717, 1.165) is 25.2 Å². The number of hydrogen-bond donors (Lipinski definition) is 2. The molecule has 3 rings (SSSR count). The molecule has 0 unspecified atom stereocenters. The SMILES string of the molecule is O=C1CCN(c2cccc3c2CNCC3)C(=O)N1. The molecule has 18 heavy (non-hydrogen) atoms. The number of carbonyl (C=O) groups is 2. The van der Waals surface area contributed by atoms with Crippen LogP contribution < -0.4 is 15.5 Å². The minimum absolute atomic E-state index is 0.195. The molecule has 0 radical (unpaired) electrons. The van der Waals surface area contributed by atoms with Crippen LogP contribution in [0.4, 0.5) is 10.5 Å². The molecule has 0 aliphatic carbocycles. The Hall–Kier alpha value is -1.88. The van der Waals surface area contributed by atoms with E-state index in [4.69, 9.17) is 0 Å². The quantitative estimate of drug-likeness (QED) is 0.768. The average molecular weight is 245 g/mol. The number of nitrogens with zero attached hydrogens (tertiary/aromatic N) is 1. The lowest BCUT2D eigenvalue weighted by molar-refractivity contribution is -0.120. The summed E-state index contributed by atoms with van der Waals surface area (Å²) < 4.78 is 0. The zero-order valence-corrected chi connectivity index (χ0v) is 10.0. The monoisotopic (exact) mass is 245 g/mol. The van der Waals surface area contributed by atoms with Crippen molar-refractivity contribution >= 4 is 17.6 Å². The fourth-order valence-corrected chi connectivity index (χ4v) is 2.54. The lowest BCUT2D eigenvalue weighted by Gasteiger charge is -2.30. The highest BCUT2D eigenvalue weighted by Gasteiger charge is 2.27. The van der Waals surface area contributed by atoms with Crippen molar-refractivity contribution in [1.29, 1.82) is 0 Å². The Morgan fingerprint density at radius 1 is 1.17 bits per heavy atom. The van der Waals surface area contributed by atoms with Crippen LogP contribution in [-0.4, -0.2) is 25.0 Å². The summed E-state index contributed by atoms with van der Waals surface area (Å²) in [6.45, 7) is 2.21. The van der Waals surface area contributed by atoms with Gasteiger partial charge in [-0.25, -0.2) is 4.79 Å². The van der Waals surface area contributed by atoms with Crippen molar-refractivity contribution in [2.45, 2.75) is 19.4 Å². The summed E-state index contributed by atoms with van der Waals surface area (Å²) in [4.78, 5) is 24.7. The number of rotatable bonds is 1. The summed E-state index contributed by atoms with van der Waals surface area (Å²) in [5.41, 5.74) is 3.38. The molecule has 0 atom stereocenters. The molecule has 2 N–H and O–H groups in total. The maximum Gasteiger partial charge on any atom is 0.328 e. The van der Waals surface area contributed by atoms with Gasteiger partial charge in [0.2, 0.25) is 5.91 Å². The van der Waals surface area contributed by atoms with Crippen LogP contribution in [0.15, 0.2) is 18.2 Å². The first-order valence-electron chi connectivity index (χ1n) is 6.18. The van der Waals surface area contributed by atoms with Gasteiger partial charge in [0.25, 0.3) is 0 Å².